The summed E-state index contributed by atoms with van der Waals surface area (Å²) in [4.78, 5) is 15.9. The van der Waals surface area contributed by atoms with E-state index in [-0.39, 0.29) is 5.56 Å². The summed E-state index contributed by atoms with van der Waals surface area (Å²) in [6.07, 6.45) is 0.669. The van der Waals surface area contributed by atoms with Crippen LogP contribution in [0.3, 0.4) is 0 Å². The number of carboxylic acid groups (broad SMARTS) is 1. The Morgan fingerprint density at radius 3 is 2.65 bits per heavy atom. The fourth-order valence-electron chi connectivity index (χ4n) is 2.83. The zero-order valence-electron chi connectivity index (χ0n) is 13.1. The van der Waals surface area contributed by atoms with Gasteiger partial charge in [-0.15, -0.1) is 0 Å². The number of carboxylic acids is 1. The summed E-state index contributed by atoms with van der Waals surface area (Å²) in [6, 6.07) is 7.67. The van der Waals surface area contributed by atoms with E-state index in [0.29, 0.717) is 22.8 Å². The van der Waals surface area contributed by atoms with Gasteiger partial charge in [0.15, 0.2) is 5.65 Å². The van der Waals surface area contributed by atoms with Crippen LogP contribution in [0.2, 0.25) is 5.02 Å². The van der Waals surface area contributed by atoms with Crippen LogP contribution in [0.1, 0.15) is 38.6 Å². The van der Waals surface area contributed by atoms with E-state index in [9.17, 15) is 9.90 Å². The minimum Gasteiger partial charge on any atom is -0.477 e. The van der Waals surface area contributed by atoms with Gasteiger partial charge in [0, 0.05) is 22.8 Å². The summed E-state index contributed by atoms with van der Waals surface area (Å²) in [6.45, 7) is 5.50. The fourth-order valence-corrected chi connectivity index (χ4v) is 3.04. The molecule has 0 fully saturated rings. The highest BCUT2D eigenvalue weighted by Crippen LogP contribution is 2.23. The van der Waals surface area contributed by atoms with Gasteiger partial charge in [-0.2, -0.15) is 5.10 Å². The van der Waals surface area contributed by atoms with Gasteiger partial charge in [0.05, 0.1) is 5.69 Å². The van der Waals surface area contributed by atoms with Crippen LogP contribution in [0.4, 0.5) is 0 Å². The lowest BCUT2D eigenvalue weighted by Gasteiger charge is -2.11. The molecule has 3 aromatic rings. The first kappa shape index (κ1) is 15.5. The molecule has 1 aromatic carbocycles. The largest absolute Gasteiger partial charge is 0.477 e. The maximum absolute atomic E-state index is 11.4. The first-order chi connectivity index (χ1) is 10.9. The number of halogens is 1. The number of hydrogen-bond donors (Lipinski definition) is 1. The Bertz CT molecular complexity index is 931. The summed E-state index contributed by atoms with van der Waals surface area (Å²) in [5, 5.41) is 14.4. The number of aryl methyl sites for hydroxylation is 3. The molecule has 0 radical (unpaired) electrons. The van der Waals surface area contributed by atoms with Gasteiger partial charge in [-0.3, -0.25) is 0 Å². The van der Waals surface area contributed by atoms with Crippen LogP contribution in [-0.2, 0) is 6.42 Å². The number of nitrogens with zero attached hydrogens (tertiary/aromatic N) is 3. The number of aromatic carboxylic acids is 1. The molecule has 0 spiro atoms. The minimum absolute atomic E-state index is 0.158. The van der Waals surface area contributed by atoms with Crippen molar-refractivity contribution in [3.8, 4) is 0 Å². The second-order valence-electron chi connectivity index (χ2n) is 5.57. The molecule has 0 saturated carbocycles. The van der Waals surface area contributed by atoms with Crippen LogP contribution in [0.15, 0.2) is 24.3 Å². The third-order valence-electron chi connectivity index (χ3n) is 3.98. The van der Waals surface area contributed by atoms with E-state index in [1.165, 1.54) is 0 Å². The normalized spacial score (nSPS) is 11.1. The number of carbonyl (C=O) groups is 1. The van der Waals surface area contributed by atoms with Crippen LogP contribution in [-0.4, -0.2) is 25.7 Å². The van der Waals surface area contributed by atoms with E-state index >= 15 is 0 Å². The SMILES string of the molecule is Cc1nc2c(C(=O)O)c(C)nn2c(C)c1Cc1cccc(Cl)c1. The maximum Gasteiger partial charge on any atom is 0.341 e. The minimum atomic E-state index is -1.01. The van der Waals surface area contributed by atoms with E-state index in [1.54, 1.807) is 11.4 Å². The van der Waals surface area contributed by atoms with Crippen molar-refractivity contribution in [1.82, 2.24) is 14.6 Å². The predicted octanol–water partition coefficient (Wildman–Crippen LogP) is 3.60. The lowest BCUT2D eigenvalue weighted by atomic mass is 10.0. The summed E-state index contributed by atoms with van der Waals surface area (Å²) in [5.74, 6) is -1.01. The Morgan fingerprint density at radius 1 is 1.26 bits per heavy atom. The highest BCUT2D eigenvalue weighted by molar-refractivity contribution is 6.30. The van der Waals surface area contributed by atoms with Crippen LogP contribution >= 0.6 is 11.6 Å². The third-order valence-corrected chi connectivity index (χ3v) is 4.22. The van der Waals surface area contributed by atoms with Crippen molar-refractivity contribution in [2.45, 2.75) is 27.2 Å². The molecule has 0 saturated heterocycles. The van der Waals surface area contributed by atoms with Crippen LogP contribution in [0, 0.1) is 20.8 Å². The van der Waals surface area contributed by atoms with Crippen molar-refractivity contribution in [1.29, 1.82) is 0 Å². The second-order valence-corrected chi connectivity index (χ2v) is 6.01. The molecule has 118 valence electrons. The fraction of sp³-hybridized carbons (Fsp3) is 0.235. The van der Waals surface area contributed by atoms with Gasteiger partial charge in [-0.05, 0) is 44.0 Å². The van der Waals surface area contributed by atoms with E-state index in [4.69, 9.17) is 11.6 Å². The molecular weight excluding hydrogens is 314 g/mol. The summed E-state index contributed by atoms with van der Waals surface area (Å²) < 4.78 is 1.62. The number of hydrogen-bond acceptors (Lipinski definition) is 3. The predicted molar refractivity (Wildman–Crippen MR) is 88.4 cm³/mol. The molecule has 2 aromatic heterocycles. The molecule has 0 atom stereocenters. The molecule has 0 aliphatic carbocycles. The van der Waals surface area contributed by atoms with Crippen LogP contribution in [0.5, 0.6) is 0 Å². The van der Waals surface area contributed by atoms with Gasteiger partial charge in [-0.1, -0.05) is 23.7 Å². The molecule has 0 amide bonds. The molecule has 5 nitrogen and oxygen atoms in total. The van der Waals surface area contributed by atoms with E-state index < -0.39 is 5.97 Å². The molecule has 2 heterocycles. The van der Waals surface area contributed by atoms with Crippen molar-refractivity contribution in [3.05, 3.63) is 63.1 Å². The number of benzene rings is 1. The molecule has 0 unspecified atom stereocenters. The molecule has 23 heavy (non-hydrogen) atoms. The van der Waals surface area contributed by atoms with Crippen molar-refractivity contribution < 1.29 is 9.90 Å². The molecule has 1 N–H and O–H groups in total. The summed E-state index contributed by atoms with van der Waals surface area (Å²) in [7, 11) is 0. The average molecular weight is 330 g/mol. The standard InChI is InChI=1S/C17H16ClN3O2/c1-9-14(8-12-5-4-6-13(18)7-12)11(3)21-16(19-9)15(17(22)23)10(2)20-21/h4-7H,8H2,1-3H3,(H,22,23). The van der Waals surface area contributed by atoms with Gasteiger partial charge in [0.2, 0.25) is 0 Å². The molecule has 0 aliphatic rings. The number of fused-ring (bicyclic) bond motifs is 1. The molecule has 0 bridgehead atoms. The van der Waals surface area contributed by atoms with E-state index in [0.717, 1.165) is 22.5 Å². The Kier molecular flexibility index (Phi) is 3.82. The Morgan fingerprint density at radius 2 is 2.00 bits per heavy atom. The van der Waals surface area contributed by atoms with Crippen molar-refractivity contribution in [2.75, 3.05) is 0 Å². The molecule has 3 rings (SSSR count). The highest BCUT2D eigenvalue weighted by Gasteiger charge is 2.21. The van der Waals surface area contributed by atoms with Gasteiger partial charge in [-0.25, -0.2) is 14.3 Å². The summed E-state index contributed by atoms with van der Waals surface area (Å²) in [5.41, 5.74) is 4.81. The van der Waals surface area contributed by atoms with Crippen molar-refractivity contribution >= 4 is 23.2 Å². The second kappa shape index (κ2) is 5.66. The highest BCUT2D eigenvalue weighted by atomic mass is 35.5. The monoisotopic (exact) mass is 329 g/mol. The quantitative estimate of drug-likeness (QED) is 0.797. The Labute approximate surface area is 138 Å². The topological polar surface area (TPSA) is 67.5 Å². The number of aromatic nitrogens is 3. The van der Waals surface area contributed by atoms with Crippen molar-refractivity contribution in [2.24, 2.45) is 0 Å². The third kappa shape index (κ3) is 2.68. The Balaban J connectivity index is 2.17. The van der Waals surface area contributed by atoms with Crippen molar-refractivity contribution in [3.63, 3.8) is 0 Å². The van der Waals surface area contributed by atoms with Gasteiger partial charge in [0.25, 0.3) is 0 Å². The number of rotatable bonds is 3. The van der Waals surface area contributed by atoms with Gasteiger partial charge in [0.1, 0.15) is 5.56 Å². The average Bonchev–Trinajstić information content (AvgIpc) is 2.80. The zero-order valence-corrected chi connectivity index (χ0v) is 13.8. The van der Waals surface area contributed by atoms with Crippen LogP contribution < -0.4 is 0 Å². The van der Waals surface area contributed by atoms with Gasteiger partial charge >= 0.3 is 5.97 Å². The lowest BCUT2D eigenvalue weighted by molar-refractivity contribution is 0.0698. The molecule has 6 heteroatoms. The van der Waals surface area contributed by atoms with E-state index in [1.807, 2.05) is 38.1 Å². The van der Waals surface area contributed by atoms with Gasteiger partial charge < -0.3 is 5.11 Å². The maximum atomic E-state index is 11.4. The summed E-state index contributed by atoms with van der Waals surface area (Å²) >= 11 is 6.05. The zero-order chi connectivity index (χ0) is 16.7. The first-order valence-corrected chi connectivity index (χ1v) is 7.59. The van der Waals surface area contributed by atoms with E-state index in [2.05, 4.69) is 10.1 Å². The molecular formula is C17H16ClN3O2. The van der Waals surface area contributed by atoms with Crippen LogP contribution in [0.25, 0.3) is 5.65 Å². The molecule has 0 aliphatic heterocycles. The smallest absolute Gasteiger partial charge is 0.341 e. The Hall–Kier alpha value is -2.40. The lowest BCUT2D eigenvalue weighted by Crippen LogP contribution is -2.07. The first-order valence-electron chi connectivity index (χ1n) is 7.21.